The van der Waals surface area contributed by atoms with Crippen molar-refractivity contribution in [1.29, 1.82) is 0 Å². The molecule has 1 unspecified atom stereocenters. The summed E-state index contributed by atoms with van der Waals surface area (Å²) in [6.45, 7) is 2.06. The Labute approximate surface area is 106 Å². The Morgan fingerprint density at radius 3 is 2.75 bits per heavy atom. The first kappa shape index (κ1) is 11.5. The second-order valence-electron chi connectivity index (χ2n) is 3.38. The number of rotatable bonds is 3. The van der Waals surface area contributed by atoms with Crippen LogP contribution in [0, 0.1) is 5.95 Å². The van der Waals surface area contributed by atoms with Crippen molar-refractivity contribution in [1.82, 2.24) is 4.98 Å². The molecule has 0 bridgehead atoms. The van der Waals surface area contributed by atoms with Crippen molar-refractivity contribution in [3.8, 4) is 0 Å². The lowest BCUT2D eigenvalue weighted by Crippen LogP contribution is -2.05. The highest BCUT2D eigenvalue weighted by molar-refractivity contribution is 9.11. The molecule has 5 heteroatoms. The highest BCUT2D eigenvalue weighted by atomic mass is 79.9. The van der Waals surface area contributed by atoms with E-state index >= 15 is 0 Å². The minimum absolute atomic E-state index is 0.184. The predicted octanol–water partition coefficient (Wildman–Crippen LogP) is 4.22. The summed E-state index contributed by atoms with van der Waals surface area (Å²) in [5.41, 5.74) is 0.818. The normalized spacial score (nSPS) is 12.4. The smallest absolute Gasteiger partial charge is 0.212 e. The zero-order valence-electron chi connectivity index (χ0n) is 8.58. The van der Waals surface area contributed by atoms with Crippen molar-refractivity contribution in [2.24, 2.45) is 0 Å². The number of hydrogen-bond donors (Lipinski definition) is 1. The van der Waals surface area contributed by atoms with Crippen LogP contribution in [0.1, 0.15) is 17.8 Å². The maximum absolute atomic E-state index is 12.6. The first-order valence-electron chi connectivity index (χ1n) is 4.78. The fourth-order valence-corrected chi connectivity index (χ4v) is 2.77. The van der Waals surface area contributed by atoms with Gasteiger partial charge in [-0.15, -0.1) is 11.3 Å². The third-order valence-corrected chi connectivity index (χ3v) is 3.94. The van der Waals surface area contributed by atoms with Gasteiger partial charge in [-0.1, -0.05) is 0 Å². The molecule has 0 aliphatic rings. The first-order chi connectivity index (χ1) is 7.65. The van der Waals surface area contributed by atoms with E-state index in [0.29, 0.717) is 0 Å². The maximum Gasteiger partial charge on any atom is 0.212 e. The largest absolute Gasteiger partial charge is 0.376 e. The van der Waals surface area contributed by atoms with E-state index in [4.69, 9.17) is 0 Å². The number of hydrogen-bond acceptors (Lipinski definition) is 3. The van der Waals surface area contributed by atoms with E-state index in [1.807, 2.05) is 6.07 Å². The lowest BCUT2D eigenvalue weighted by molar-refractivity contribution is 0.584. The molecule has 0 aliphatic heterocycles. The van der Waals surface area contributed by atoms with Crippen LogP contribution in [0.3, 0.4) is 0 Å². The minimum atomic E-state index is -0.461. The van der Waals surface area contributed by atoms with Crippen molar-refractivity contribution in [2.75, 3.05) is 5.32 Å². The van der Waals surface area contributed by atoms with Gasteiger partial charge in [-0.2, -0.15) is 4.39 Å². The molecular formula is C11H10BrFN2S. The Bertz CT molecular complexity index is 469. The van der Waals surface area contributed by atoms with Gasteiger partial charge in [0.05, 0.1) is 21.7 Å². The molecule has 84 valence electrons. The SMILES string of the molecule is CC(Nc1ccc(F)nc1)c1ccc(Br)s1. The van der Waals surface area contributed by atoms with Crippen molar-refractivity contribution in [3.63, 3.8) is 0 Å². The maximum atomic E-state index is 12.6. The molecule has 0 saturated heterocycles. The van der Waals surface area contributed by atoms with Crippen LogP contribution in [0.2, 0.25) is 0 Å². The molecule has 0 saturated carbocycles. The summed E-state index contributed by atoms with van der Waals surface area (Å²) in [6, 6.07) is 7.29. The van der Waals surface area contributed by atoms with E-state index in [-0.39, 0.29) is 6.04 Å². The van der Waals surface area contributed by atoms with Crippen LogP contribution < -0.4 is 5.32 Å². The van der Waals surface area contributed by atoms with Gasteiger partial charge in [-0.25, -0.2) is 4.98 Å². The van der Waals surface area contributed by atoms with Gasteiger partial charge in [0.25, 0.3) is 0 Å². The Kier molecular flexibility index (Phi) is 3.56. The van der Waals surface area contributed by atoms with Crippen molar-refractivity contribution in [3.05, 3.63) is 45.1 Å². The Morgan fingerprint density at radius 1 is 1.38 bits per heavy atom. The van der Waals surface area contributed by atoms with Crippen LogP contribution in [-0.4, -0.2) is 4.98 Å². The minimum Gasteiger partial charge on any atom is -0.376 e. The molecule has 2 rings (SSSR count). The van der Waals surface area contributed by atoms with Crippen molar-refractivity contribution >= 4 is 33.0 Å². The average Bonchev–Trinajstić information content (AvgIpc) is 2.68. The number of pyridine rings is 1. The third-order valence-electron chi connectivity index (χ3n) is 2.13. The number of halogens is 2. The molecule has 2 nitrogen and oxygen atoms in total. The zero-order valence-corrected chi connectivity index (χ0v) is 11.0. The molecule has 1 atom stereocenters. The standard InChI is InChI=1S/C11H10BrFN2S/c1-7(9-3-4-10(12)16-9)15-8-2-5-11(13)14-6-8/h2-7,15H,1H3. The van der Waals surface area contributed by atoms with Gasteiger partial charge in [0.2, 0.25) is 5.95 Å². The summed E-state index contributed by atoms with van der Waals surface area (Å²) in [5.74, 6) is -0.461. The molecule has 2 heterocycles. The average molecular weight is 301 g/mol. The van der Waals surface area contributed by atoms with E-state index in [1.54, 1.807) is 17.4 Å². The number of nitrogens with one attached hydrogen (secondary N) is 1. The lowest BCUT2D eigenvalue weighted by atomic mass is 10.2. The van der Waals surface area contributed by atoms with Gasteiger partial charge in [0.15, 0.2) is 0 Å². The van der Waals surface area contributed by atoms with Crippen LogP contribution >= 0.6 is 27.3 Å². The number of thiophene rings is 1. The second-order valence-corrected chi connectivity index (χ2v) is 5.87. The molecule has 1 N–H and O–H groups in total. The molecule has 2 aromatic heterocycles. The molecule has 0 radical (unpaired) electrons. The van der Waals surface area contributed by atoms with Gasteiger partial charge in [-0.05, 0) is 47.1 Å². The Morgan fingerprint density at radius 2 is 2.19 bits per heavy atom. The predicted molar refractivity (Wildman–Crippen MR) is 68.3 cm³/mol. The second kappa shape index (κ2) is 4.93. The molecule has 0 amide bonds. The van der Waals surface area contributed by atoms with E-state index in [9.17, 15) is 4.39 Å². The lowest BCUT2D eigenvalue weighted by Gasteiger charge is -2.12. The molecule has 16 heavy (non-hydrogen) atoms. The van der Waals surface area contributed by atoms with E-state index in [2.05, 4.69) is 39.2 Å². The van der Waals surface area contributed by atoms with Crippen molar-refractivity contribution in [2.45, 2.75) is 13.0 Å². The fourth-order valence-electron chi connectivity index (χ4n) is 1.34. The highest BCUT2D eigenvalue weighted by Crippen LogP contribution is 2.28. The summed E-state index contributed by atoms with van der Waals surface area (Å²) in [7, 11) is 0. The summed E-state index contributed by atoms with van der Waals surface area (Å²) in [5, 5.41) is 3.26. The number of nitrogens with zero attached hydrogens (tertiary/aromatic N) is 1. The summed E-state index contributed by atoms with van der Waals surface area (Å²) >= 11 is 5.10. The Balaban J connectivity index is 2.07. The van der Waals surface area contributed by atoms with Gasteiger partial charge < -0.3 is 5.32 Å². The first-order valence-corrected chi connectivity index (χ1v) is 6.39. The summed E-state index contributed by atoms with van der Waals surface area (Å²) in [4.78, 5) is 4.81. The van der Waals surface area contributed by atoms with Gasteiger partial charge >= 0.3 is 0 Å². The zero-order chi connectivity index (χ0) is 11.5. The topological polar surface area (TPSA) is 24.9 Å². The van der Waals surface area contributed by atoms with Crippen LogP contribution in [0.4, 0.5) is 10.1 Å². The van der Waals surface area contributed by atoms with Crippen molar-refractivity contribution < 1.29 is 4.39 Å². The molecular weight excluding hydrogens is 291 g/mol. The molecule has 0 fully saturated rings. The number of anilines is 1. The third kappa shape index (κ3) is 2.80. The van der Waals surface area contributed by atoms with Gasteiger partial charge in [0, 0.05) is 4.88 Å². The quantitative estimate of drug-likeness (QED) is 0.859. The van der Waals surface area contributed by atoms with E-state index < -0.39 is 5.95 Å². The number of aromatic nitrogens is 1. The molecule has 0 aromatic carbocycles. The Hall–Kier alpha value is -0.940. The van der Waals surface area contributed by atoms with E-state index in [0.717, 1.165) is 9.47 Å². The molecule has 0 aliphatic carbocycles. The molecule has 2 aromatic rings. The van der Waals surface area contributed by atoms with Gasteiger partial charge in [-0.3, -0.25) is 0 Å². The fraction of sp³-hybridized carbons (Fsp3) is 0.182. The monoisotopic (exact) mass is 300 g/mol. The van der Waals surface area contributed by atoms with Crippen LogP contribution in [0.15, 0.2) is 34.2 Å². The van der Waals surface area contributed by atoms with Gasteiger partial charge in [0.1, 0.15) is 0 Å². The van der Waals surface area contributed by atoms with E-state index in [1.165, 1.54) is 17.1 Å². The molecule has 0 spiro atoms. The highest BCUT2D eigenvalue weighted by Gasteiger charge is 2.07. The van der Waals surface area contributed by atoms with Crippen LogP contribution in [0.5, 0.6) is 0 Å². The summed E-state index contributed by atoms with van der Waals surface area (Å²) in [6.07, 6.45) is 1.49. The van der Waals surface area contributed by atoms with Crippen LogP contribution in [0.25, 0.3) is 0 Å². The summed E-state index contributed by atoms with van der Waals surface area (Å²) < 4.78 is 13.7. The van der Waals surface area contributed by atoms with Crippen LogP contribution in [-0.2, 0) is 0 Å².